The molecule has 0 spiro atoms. The summed E-state index contributed by atoms with van der Waals surface area (Å²) in [5, 5.41) is 0. The van der Waals surface area contributed by atoms with Crippen molar-refractivity contribution in [3.05, 3.63) is 11.9 Å². The number of hydrogen-bond acceptors (Lipinski definition) is 0. The van der Waals surface area contributed by atoms with Crippen LogP contribution in [-0.2, 0) is 0 Å². The highest BCUT2D eigenvalue weighted by atomic mass is 19.4. The van der Waals surface area contributed by atoms with Crippen molar-refractivity contribution >= 4 is 0 Å². The molecule has 0 heterocycles. The van der Waals surface area contributed by atoms with Crippen LogP contribution in [0, 0.1) is 0 Å². The van der Waals surface area contributed by atoms with Crippen LogP contribution in [0.25, 0.3) is 0 Å². The van der Waals surface area contributed by atoms with Crippen molar-refractivity contribution in [3.63, 3.8) is 0 Å². The number of hydrogen-bond donors (Lipinski definition) is 0. The summed E-state index contributed by atoms with van der Waals surface area (Å²) in [5.74, 6) is -15.2. The number of allylic oxidation sites excluding steroid dienone is 2. The second-order valence-corrected chi connectivity index (χ2v) is 2.54. The maximum absolute atomic E-state index is 12.1. The van der Waals surface area contributed by atoms with Crippen LogP contribution in [0.3, 0.4) is 0 Å². The van der Waals surface area contributed by atoms with Gasteiger partial charge in [-0.05, 0) is 0 Å². The lowest BCUT2D eigenvalue weighted by molar-refractivity contribution is -0.260. The van der Waals surface area contributed by atoms with Gasteiger partial charge in [0.2, 0.25) is 0 Å². The summed E-state index contributed by atoms with van der Waals surface area (Å²) in [7, 11) is 0. The molecule has 0 aromatic carbocycles. The Hall–Kier alpha value is -0.960. The van der Waals surface area contributed by atoms with Gasteiger partial charge < -0.3 is 0 Å². The average molecular weight is 264 g/mol. The molecule has 0 atom stereocenters. The van der Waals surface area contributed by atoms with Crippen LogP contribution in [-0.4, -0.2) is 24.4 Å². The van der Waals surface area contributed by atoms with Crippen molar-refractivity contribution in [1.29, 1.82) is 0 Å². The summed E-state index contributed by atoms with van der Waals surface area (Å²) in [4.78, 5) is 0. The Bertz CT molecular complexity index is 272. The minimum absolute atomic E-state index is 1.88. The smallest absolute Gasteiger partial charge is 0.205 e. The largest absolute Gasteiger partial charge is 0.457 e. The predicted octanol–water partition coefficient (Wildman–Crippen LogP) is 3.94. The number of rotatable bonds is 3. The van der Waals surface area contributed by atoms with E-state index < -0.39 is 36.3 Å². The zero-order valence-corrected chi connectivity index (χ0v) is 6.93. The van der Waals surface area contributed by atoms with E-state index in [9.17, 15) is 43.9 Å². The average Bonchev–Trinajstić information content (AvgIpc) is 2.00. The van der Waals surface area contributed by atoms with Gasteiger partial charge in [-0.2, -0.15) is 30.7 Å². The Morgan fingerprint density at radius 2 is 1.25 bits per heavy atom. The summed E-state index contributed by atoms with van der Waals surface area (Å²) < 4.78 is 117. The molecule has 0 rings (SSSR count). The highest BCUT2D eigenvalue weighted by Gasteiger charge is 2.58. The van der Waals surface area contributed by atoms with Crippen molar-refractivity contribution in [2.75, 3.05) is 0 Å². The first kappa shape index (κ1) is 15.0. The van der Waals surface area contributed by atoms with Gasteiger partial charge in [0, 0.05) is 6.08 Å². The normalized spacial score (nSPS) is 15.8. The van der Waals surface area contributed by atoms with Gasteiger partial charge in [-0.25, -0.2) is 13.2 Å². The molecule has 0 aromatic heterocycles. The van der Waals surface area contributed by atoms with Crippen LogP contribution in [0.5, 0.6) is 0 Å². The summed E-state index contributed by atoms with van der Waals surface area (Å²) in [6.07, 6.45) is -12.9. The molecule has 0 amide bonds. The van der Waals surface area contributed by atoms with Crippen LogP contribution in [0.1, 0.15) is 0 Å². The van der Waals surface area contributed by atoms with E-state index in [1.54, 1.807) is 0 Å². The molecular weight excluding hydrogens is 262 g/mol. The van der Waals surface area contributed by atoms with Gasteiger partial charge in [0.05, 0.1) is 0 Å². The van der Waals surface area contributed by atoms with Gasteiger partial charge in [-0.3, -0.25) is 0 Å². The van der Waals surface area contributed by atoms with Gasteiger partial charge in [0.15, 0.2) is 5.83 Å². The quantitative estimate of drug-likeness (QED) is 0.677. The van der Waals surface area contributed by atoms with E-state index >= 15 is 0 Å². The van der Waals surface area contributed by atoms with Crippen molar-refractivity contribution in [1.82, 2.24) is 0 Å². The van der Waals surface area contributed by atoms with Crippen LogP contribution >= 0.6 is 0 Å². The molecule has 0 bridgehead atoms. The van der Waals surface area contributed by atoms with Crippen molar-refractivity contribution in [3.8, 4) is 0 Å². The molecule has 0 fully saturated rings. The Kier molecular flexibility index (Phi) is 3.88. The molecule has 10 heteroatoms. The van der Waals surface area contributed by atoms with E-state index in [4.69, 9.17) is 0 Å². The van der Waals surface area contributed by atoms with Gasteiger partial charge in [-0.1, -0.05) is 0 Å². The van der Waals surface area contributed by atoms with Crippen LogP contribution in [0.2, 0.25) is 0 Å². The lowest BCUT2D eigenvalue weighted by Gasteiger charge is -2.18. The summed E-state index contributed by atoms with van der Waals surface area (Å²) in [5.41, 5.74) is 0. The number of alkyl halides is 9. The zero-order valence-electron chi connectivity index (χ0n) is 6.93. The Balaban J connectivity index is 5.21. The van der Waals surface area contributed by atoms with Gasteiger partial charge in [0.25, 0.3) is 0 Å². The van der Waals surface area contributed by atoms with Crippen molar-refractivity contribution in [2.24, 2.45) is 0 Å². The van der Waals surface area contributed by atoms with Crippen LogP contribution in [0.15, 0.2) is 11.9 Å². The lowest BCUT2D eigenvalue weighted by atomic mass is 10.2. The summed E-state index contributed by atoms with van der Waals surface area (Å²) >= 11 is 0. The summed E-state index contributed by atoms with van der Waals surface area (Å²) in [6.45, 7) is 0. The minimum atomic E-state index is -6.34. The molecule has 0 unspecified atom stereocenters. The highest BCUT2D eigenvalue weighted by molar-refractivity contribution is 5.12. The fourth-order valence-electron chi connectivity index (χ4n) is 0.441. The molecule has 0 saturated carbocycles. The van der Waals surface area contributed by atoms with E-state index in [0.717, 1.165) is 0 Å². The second kappa shape index (κ2) is 4.13. The molecule has 0 aliphatic carbocycles. The topological polar surface area (TPSA) is 0 Å². The second-order valence-electron chi connectivity index (χ2n) is 2.54. The molecule has 0 aliphatic heterocycles. The molecule has 0 N–H and O–H groups in total. The minimum Gasteiger partial charge on any atom is -0.205 e. The molecule has 0 aromatic rings. The van der Waals surface area contributed by atoms with Crippen molar-refractivity contribution < 1.29 is 43.9 Å². The lowest BCUT2D eigenvalue weighted by Crippen LogP contribution is -2.36. The molecule has 0 aliphatic rings. The van der Waals surface area contributed by atoms with Gasteiger partial charge in [0.1, 0.15) is 0 Å². The SMILES string of the molecule is FC(=CC(F)(F)C(F)(F)F)C(F)(F)C(F)F. The zero-order chi connectivity index (χ0) is 13.4. The van der Waals surface area contributed by atoms with E-state index in [2.05, 4.69) is 0 Å². The van der Waals surface area contributed by atoms with E-state index in [1.807, 2.05) is 0 Å². The molecule has 0 radical (unpaired) electrons. The first-order valence-electron chi connectivity index (χ1n) is 3.31. The standard InChI is InChI=1S/C6H2F10/c7-2(5(12,13)3(8)9)1-4(10,11)6(14,15)16/h1,3H. The van der Waals surface area contributed by atoms with E-state index in [0.29, 0.717) is 0 Å². The van der Waals surface area contributed by atoms with Gasteiger partial charge >= 0.3 is 24.4 Å². The van der Waals surface area contributed by atoms with Crippen LogP contribution < -0.4 is 0 Å². The first-order valence-corrected chi connectivity index (χ1v) is 3.31. The van der Waals surface area contributed by atoms with E-state index in [1.165, 1.54) is 0 Å². The maximum atomic E-state index is 12.1. The Labute approximate surface area is 81.5 Å². The van der Waals surface area contributed by atoms with Crippen molar-refractivity contribution in [2.45, 2.75) is 24.4 Å². The number of halogens is 10. The molecule has 96 valence electrons. The van der Waals surface area contributed by atoms with Crippen LogP contribution in [0.4, 0.5) is 43.9 Å². The third-order valence-corrected chi connectivity index (χ3v) is 1.28. The third-order valence-electron chi connectivity index (χ3n) is 1.28. The molecule has 0 nitrogen and oxygen atoms in total. The first-order chi connectivity index (χ1) is 6.82. The molecule has 0 saturated heterocycles. The fourth-order valence-corrected chi connectivity index (χ4v) is 0.441. The highest BCUT2D eigenvalue weighted by Crippen LogP contribution is 2.40. The fraction of sp³-hybridized carbons (Fsp3) is 0.667. The Morgan fingerprint density at radius 3 is 1.50 bits per heavy atom. The summed E-state index contributed by atoms with van der Waals surface area (Å²) in [6, 6.07) is 0. The monoisotopic (exact) mass is 264 g/mol. The maximum Gasteiger partial charge on any atom is 0.457 e. The predicted molar refractivity (Wildman–Crippen MR) is 31.1 cm³/mol. The molecular formula is C6H2F10. The Morgan fingerprint density at radius 1 is 0.875 bits per heavy atom. The van der Waals surface area contributed by atoms with E-state index in [-0.39, 0.29) is 0 Å². The van der Waals surface area contributed by atoms with Gasteiger partial charge in [-0.15, -0.1) is 0 Å². The molecule has 16 heavy (non-hydrogen) atoms. The third kappa shape index (κ3) is 3.01.